The Morgan fingerprint density at radius 3 is 2.29 bits per heavy atom. The second-order valence-corrected chi connectivity index (χ2v) is 5.46. The van der Waals surface area contributed by atoms with Gasteiger partial charge in [0.2, 0.25) is 0 Å². The zero-order valence-electron chi connectivity index (χ0n) is 12.0. The van der Waals surface area contributed by atoms with Crippen LogP contribution < -0.4 is 9.47 Å². The summed E-state index contributed by atoms with van der Waals surface area (Å²) in [6.07, 6.45) is -1.09. The fraction of sp³-hybridized carbons (Fsp3) is 0.375. The van der Waals surface area contributed by atoms with Gasteiger partial charge in [0.15, 0.2) is 0 Å². The lowest BCUT2D eigenvalue weighted by molar-refractivity contribution is 0.122. The molecule has 2 aromatic carbocycles. The normalized spacial score (nSPS) is 14.0. The highest BCUT2D eigenvalue weighted by Crippen LogP contribution is 2.34. The van der Waals surface area contributed by atoms with Crippen LogP contribution in [0.2, 0.25) is 5.02 Å². The zero-order valence-corrected chi connectivity index (χ0v) is 12.8. The van der Waals surface area contributed by atoms with Crippen LogP contribution in [0.1, 0.15) is 13.8 Å². The molecule has 0 aliphatic rings. The number of benzene rings is 2. The van der Waals surface area contributed by atoms with E-state index in [4.69, 9.17) is 21.1 Å². The van der Waals surface area contributed by atoms with Crippen LogP contribution in [0.4, 0.5) is 0 Å². The number of hydrogen-bond acceptors (Lipinski definition) is 4. The molecule has 2 unspecified atom stereocenters. The molecule has 4 nitrogen and oxygen atoms in total. The molecular formula is C16H19ClO4. The van der Waals surface area contributed by atoms with E-state index in [9.17, 15) is 10.2 Å². The Bertz CT molecular complexity index is 605. The SMILES string of the molecule is CC(O)COc1ccc2ccc(OCC(C)O)c(Cl)c2c1. The van der Waals surface area contributed by atoms with Crippen molar-refractivity contribution in [2.45, 2.75) is 26.1 Å². The molecule has 0 aliphatic heterocycles. The number of ether oxygens (including phenoxy) is 2. The van der Waals surface area contributed by atoms with E-state index in [0.717, 1.165) is 10.8 Å². The second kappa shape index (κ2) is 6.98. The molecule has 2 atom stereocenters. The van der Waals surface area contributed by atoms with Gasteiger partial charge < -0.3 is 19.7 Å². The Morgan fingerprint density at radius 2 is 1.62 bits per heavy atom. The lowest BCUT2D eigenvalue weighted by Crippen LogP contribution is -2.13. The van der Waals surface area contributed by atoms with E-state index in [1.165, 1.54) is 0 Å². The molecule has 0 radical (unpaired) electrons. The quantitative estimate of drug-likeness (QED) is 0.861. The first kappa shape index (κ1) is 15.9. The van der Waals surface area contributed by atoms with Crippen LogP contribution in [0.5, 0.6) is 11.5 Å². The van der Waals surface area contributed by atoms with Gasteiger partial charge in [-0.15, -0.1) is 0 Å². The van der Waals surface area contributed by atoms with E-state index in [0.29, 0.717) is 16.5 Å². The fourth-order valence-electron chi connectivity index (χ4n) is 1.87. The van der Waals surface area contributed by atoms with E-state index in [-0.39, 0.29) is 13.2 Å². The molecule has 2 aromatic rings. The Hall–Kier alpha value is -1.49. The predicted molar refractivity (Wildman–Crippen MR) is 83.3 cm³/mol. The second-order valence-electron chi connectivity index (χ2n) is 5.08. The van der Waals surface area contributed by atoms with Crippen LogP contribution in [0.15, 0.2) is 30.3 Å². The first-order valence-corrected chi connectivity index (χ1v) is 7.19. The standard InChI is InChI=1S/C16H19ClO4/c1-10(18)8-20-13-5-3-12-4-6-15(21-9-11(2)19)16(17)14(12)7-13/h3-7,10-11,18-19H,8-9H2,1-2H3. The summed E-state index contributed by atoms with van der Waals surface area (Å²) >= 11 is 6.35. The predicted octanol–water partition coefficient (Wildman–Crippen LogP) is 3.01. The molecular weight excluding hydrogens is 292 g/mol. The summed E-state index contributed by atoms with van der Waals surface area (Å²) in [5.41, 5.74) is 0. The molecule has 0 heterocycles. The van der Waals surface area contributed by atoms with E-state index >= 15 is 0 Å². The minimum Gasteiger partial charge on any atom is -0.491 e. The first-order valence-electron chi connectivity index (χ1n) is 6.81. The van der Waals surface area contributed by atoms with Crippen LogP contribution in [-0.4, -0.2) is 35.6 Å². The van der Waals surface area contributed by atoms with E-state index in [1.54, 1.807) is 19.9 Å². The molecule has 0 aliphatic carbocycles. The molecule has 0 aromatic heterocycles. The van der Waals surface area contributed by atoms with Crippen LogP contribution in [0.25, 0.3) is 10.8 Å². The largest absolute Gasteiger partial charge is 0.491 e. The van der Waals surface area contributed by atoms with Gasteiger partial charge in [-0.1, -0.05) is 23.7 Å². The minimum atomic E-state index is -0.558. The Labute approximate surface area is 128 Å². The fourth-order valence-corrected chi connectivity index (χ4v) is 2.15. The molecule has 0 bridgehead atoms. The molecule has 0 saturated carbocycles. The number of hydrogen-bond donors (Lipinski definition) is 2. The summed E-state index contributed by atoms with van der Waals surface area (Å²) < 4.78 is 11.0. The van der Waals surface area contributed by atoms with Crippen LogP contribution >= 0.6 is 11.6 Å². The molecule has 5 heteroatoms. The third kappa shape index (κ3) is 4.24. The molecule has 2 N–H and O–H groups in total. The van der Waals surface area contributed by atoms with Crippen molar-refractivity contribution in [2.24, 2.45) is 0 Å². The number of fused-ring (bicyclic) bond motifs is 1. The summed E-state index contributed by atoms with van der Waals surface area (Å²) in [5.74, 6) is 1.16. The maximum absolute atomic E-state index is 9.27. The third-order valence-corrected chi connectivity index (χ3v) is 3.25. The zero-order chi connectivity index (χ0) is 15.4. The van der Waals surface area contributed by atoms with Crippen molar-refractivity contribution in [3.05, 3.63) is 35.4 Å². The number of halogens is 1. The van der Waals surface area contributed by atoms with E-state index in [1.807, 2.05) is 24.3 Å². The summed E-state index contributed by atoms with van der Waals surface area (Å²) in [5, 5.41) is 20.8. The van der Waals surface area contributed by atoms with E-state index < -0.39 is 12.2 Å². The maximum atomic E-state index is 9.27. The number of aliphatic hydroxyl groups excluding tert-OH is 2. The Kier molecular flexibility index (Phi) is 5.28. The molecule has 2 rings (SSSR count). The Balaban J connectivity index is 2.28. The van der Waals surface area contributed by atoms with Crippen LogP contribution in [0.3, 0.4) is 0 Å². The van der Waals surface area contributed by atoms with Crippen molar-refractivity contribution in [1.29, 1.82) is 0 Å². The summed E-state index contributed by atoms with van der Waals surface area (Å²) in [6.45, 7) is 3.72. The van der Waals surface area contributed by atoms with Crippen LogP contribution in [0, 0.1) is 0 Å². The number of rotatable bonds is 6. The Morgan fingerprint density at radius 1 is 1.00 bits per heavy atom. The maximum Gasteiger partial charge on any atom is 0.138 e. The highest BCUT2D eigenvalue weighted by Gasteiger charge is 2.09. The molecule has 0 fully saturated rings. The van der Waals surface area contributed by atoms with Gasteiger partial charge in [-0.25, -0.2) is 0 Å². The smallest absolute Gasteiger partial charge is 0.138 e. The van der Waals surface area contributed by atoms with Crippen molar-refractivity contribution < 1.29 is 19.7 Å². The van der Waals surface area contributed by atoms with Gasteiger partial charge in [0.1, 0.15) is 24.7 Å². The van der Waals surface area contributed by atoms with Gasteiger partial charge >= 0.3 is 0 Å². The van der Waals surface area contributed by atoms with Crippen molar-refractivity contribution in [3.63, 3.8) is 0 Å². The summed E-state index contributed by atoms with van der Waals surface area (Å²) in [7, 11) is 0. The van der Waals surface area contributed by atoms with Gasteiger partial charge in [0.05, 0.1) is 17.2 Å². The highest BCUT2D eigenvalue weighted by atomic mass is 35.5. The van der Waals surface area contributed by atoms with Crippen molar-refractivity contribution in [3.8, 4) is 11.5 Å². The average molecular weight is 311 g/mol. The van der Waals surface area contributed by atoms with Crippen molar-refractivity contribution >= 4 is 22.4 Å². The lowest BCUT2D eigenvalue weighted by Gasteiger charge is -2.13. The van der Waals surface area contributed by atoms with Gasteiger partial charge in [-0.05, 0) is 37.4 Å². The average Bonchev–Trinajstić information content (AvgIpc) is 2.44. The first-order chi connectivity index (χ1) is 9.97. The van der Waals surface area contributed by atoms with E-state index in [2.05, 4.69) is 0 Å². The monoisotopic (exact) mass is 310 g/mol. The van der Waals surface area contributed by atoms with Gasteiger partial charge in [-0.3, -0.25) is 0 Å². The summed E-state index contributed by atoms with van der Waals surface area (Å²) in [4.78, 5) is 0. The minimum absolute atomic E-state index is 0.184. The van der Waals surface area contributed by atoms with Crippen LogP contribution in [-0.2, 0) is 0 Å². The summed E-state index contributed by atoms with van der Waals surface area (Å²) in [6, 6.07) is 9.23. The van der Waals surface area contributed by atoms with Gasteiger partial charge in [-0.2, -0.15) is 0 Å². The molecule has 21 heavy (non-hydrogen) atoms. The third-order valence-electron chi connectivity index (χ3n) is 2.86. The highest BCUT2D eigenvalue weighted by molar-refractivity contribution is 6.37. The lowest BCUT2D eigenvalue weighted by atomic mass is 10.1. The van der Waals surface area contributed by atoms with Gasteiger partial charge in [0, 0.05) is 5.39 Å². The number of aliphatic hydroxyl groups is 2. The molecule has 0 amide bonds. The van der Waals surface area contributed by atoms with Crippen molar-refractivity contribution in [2.75, 3.05) is 13.2 Å². The molecule has 0 saturated heterocycles. The van der Waals surface area contributed by atoms with Gasteiger partial charge in [0.25, 0.3) is 0 Å². The molecule has 114 valence electrons. The van der Waals surface area contributed by atoms with Crippen molar-refractivity contribution in [1.82, 2.24) is 0 Å². The topological polar surface area (TPSA) is 58.9 Å². The molecule has 0 spiro atoms.